The largest absolute Gasteiger partial charge is 0.478 e. The zero-order valence-corrected chi connectivity index (χ0v) is 28.7. The molecule has 4 bridgehead atoms. The highest BCUT2D eigenvalue weighted by Crippen LogP contribution is 2.38. The van der Waals surface area contributed by atoms with Gasteiger partial charge in [-0.05, 0) is 69.6 Å². The molecule has 1 saturated heterocycles. The van der Waals surface area contributed by atoms with Gasteiger partial charge in [0, 0.05) is 37.6 Å². The van der Waals surface area contributed by atoms with Crippen molar-refractivity contribution >= 4 is 34.7 Å². The number of anilines is 2. The highest BCUT2D eigenvalue weighted by molar-refractivity contribution is 7.86. The standard InChI is InChI=1S/C35H44F3N7O3S/c1-34(2,35(36,37)38)24-48-28(39)17-18-40-33-32-27-14-7-6-13-26(27)12-5-3-4-8-19-45(22-25-11-10-20-47-23-25)30-15-9-16-31(43-30)49(46)44-29(42-32)21-41-33/h6-7,9,13-18,21,25H,3-5,8,10-12,19-20,22-24,39H2,1-2H3,(H,42,44)/b28-17+,40-18?/t25-,49?/m1/s1. The van der Waals surface area contributed by atoms with Crippen molar-refractivity contribution in [1.29, 1.82) is 0 Å². The first-order valence-corrected chi connectivity index (χ1v) is 17.8. The van der Waals surface area contributed by atoms with Crippen LogP contribution >= 0.6 is 0 Å². The van der Waals surface area contributed by atoms with Crippen molar-refractivity contribution in [1.82, 2.24) is 15.0 Å². The van der Waals surface area contributed by atoms with Crippen molar-refractivity contribution in [3.05, 3.63) is 66.2 Å². The maximum atomic E-state index is 13.6. The zero-order chi connectivity index (χ0) is 34.9. The van der Waals surface area contributed by atoms with E-state index in [0.29, 0.717) is 16.6 Å². The Balaban J connectivity index is 1.42. The Kier molecular flexibility index (Phi) is 12.3. The normalized spacial score (nSPS) is 19.9. The van der Waals surface area contributed by atoms with Crippen molar-refractivity contribution in [2.75, 3.05) is 42.5 Å². The molecule has 2 atom stereocenters. The van der Waals surface area contributed by atoms with Gasteiger partial charge in [-0.3, -0.25) is 4.72 Å². The fourth-order valence-corrected chi connectivity index (χ4v) is 6.39. The number of benzene rings is 1. The Morgan fingerprint density at radius 1 is 1.12 bits per heavy atom. The summed E-state index contributed by atoms with van der Waals surface area (Å²) in [6.07, 6.45) is 6.61. The van der Waals surface area contributed by atoms with Crippen LogP contribution in [0.15, 0.2) is 70.6 Å². The van der Waals surface area contributed by atoms with E-state index in [2.05, 4.69) is 19.6 Å². The second-order valence-electron chi connectivity index (χ2n) is 13.0. The van der Waals surface area contributed by atoms with Gasteiger partial charge < -0.3 is 20.1 Å². The van der Waals surface area contributed by atoms with Crippen molar-refractivity contribution < 1.29 is 26.9 Å². The van der Waals surface area contributed by atoms with Crippen molar-refractivity contribution in [2.45, 2.75) is 70.0 Å². The van der Waals surface area contributed by atoms with E-state index in [4.69, 9.17) is 25.2 Å². The molecular formula is C35H44F3N7O3S. The van der Waals surface area contributed by atoms with Crippen LogP contribution in [0.2, 0.25) is 0 Å². The average molecular weight is 700 g/mol. The molecule has 4 heterocycles. The SMILES string of the molecule is CC(C)(CO/C(N)=C/C=Nc1ncc2nc1-c1ccccc1CCCCCCN(C[C@H]1CCCOC1)c1cccc(n1)S(=O)N2)C(F)(F)F. The van der Waals surface area contributed by atoms with Gasteiger partial charge in [0.05, 0.1) is 18.2 Å². The van der Waals surface area contributed by atoms with E-state index < -0.39 is 29.2 Å². The average Bonchev–Trinajstić information content (AvgIpc) is 3.09. The highest BCUT2D eigenvalue weighted by atomic mass is 32.2. The minimum Gasteiger partial charge on any atom is -0.478 e. The molecule has 49 heavy (non-hydrogen) atoms. The molecule has 3 N–H and O–H groups in total. The summed E-state index contributed by atoms with van der Waals surface area (Å²) in [6.45, 7) is 4.67. The number of pyridine rings is 1. The van der Waals surface area contributed by atoms with Crippen molar-refractivity contribution in [2.24, 2.45) is 22.1 Å². The number of hydrogen-bond donors (Lipinski definition) is 2. The van der Waals surface area contributed by atoms with Crippen LogP contribution in [-0.2, 0) is 26.9 Å². The molecule has 2 aromatic heterocycles. The van der Waals surface area contributed by atoms with Crippen LogP contribution < -0.4 is 15.4 Å². The number of allylic oxidation sites excluding steroid dienone is 1. The first-order chi connectivity index (χ1) is 23.5. The van der Waals surface area contributed by atoms with E-state index in [0.717, 1.165) is 102 Å². The van der Waals surface area contributed by atoms with Gasteiger partial charge in [-0.15, -0.1) is 0 Å². The Morgan fingerprint density at radius 2 is 1.94 bits per heavy atom. The first kappa shape index (κ1) is 36.2. The number of fused-ring (bicyclic) bond motifs is 6. The van der Waals surface area contributed by atoms with Gasteiger partial charge in [-0.25, -0.2) is 24.2 Å². The van der Waals surface area contributed by atoms with Crippen LogP contribution in [0.4, 0.5) is 30.6 Å². The summed E-state index contributed by atoms with van der Waals surface area (Å²) in [5, 5.41) is 0.367. The zero-order valence-electron chi connectivity index (χ0n) is 27.9. The molecule has 10 nitrogen and oxygen atoms in total. The molecule has 1 unspecified atom stereocenters. The number of nitrogens with two attached hydrogens (primary N) is 1. The number of nitrogens with zero attached hydrogens (tertiary/aromatic N) is 5. The van der Waals surface area contributed by atoms with E-state index in [1.54, 1.807) is 6.07 Å². The molecule has 0 saturated carbocycles. The van der Waals surface area contributed by atoms with E-state index in [1.807, 2.05) is 36.4 Å². The number of alkyl halides is 3. The van der Waals surface area contributed by atoms with Crippen LogP contribution in [0.3, 0.4) is 0 Å². The molecule has 5 rings (SSSR count). The molecule has 2 aliphatic rings. The molecule has 0 amide bonds. The smallest absolute Gasteiger partial charge is 0.397 e. The van der Waals surface area contributed by atoms with Crippen LogP contribution in [0, 0.1) is 11.3 Å². The third-order valence-corrected chi connectivity index (χ3v) is 9.61. The monoisotopic (exact) mass is 699 g/mol. The maximum Gasteiger partial charge on any atom is 0.397 e. The second-order valence-corrected chi connectivity index (χ2v) is 14.2. The van der Waals surface area contributed by atoms with E-state index in [1.165, 1.54) is 18.5 Å². The lowest BCUT2D eigenvalue weighted by Crippen LogP contribution is -2.36. The number of nitrogens with one attached hydrogen (secondary N) is 1. The Bertz CT molecular complexity index is 1640. The third kappa shape index (κ3) is 10.0. The minimum absolute atomic E-state index is 0.220. The lowest BCUT2D eigenvalue weighted by Gasteiger charge is -2.31. The third-order valence-electron chi connectivity index (χ3n) is 8.61. The topological polar surface area (TPSA) is 128 Å². The van der Waals surface area contributed by atoms with Crippen LogP contribution in [-0.4, -0.2) is 64.5 Å². The van der Waals surface area contributed by atoms with Crippen LogP contribution in [0.25, 0.3) is 11.3 Å². The van der Waals surface area contributed by atoms with Gasteiger partial charge in [0.1, 0.15) is 18.1 Å². The van der Waals surface area contributed by atoms with Crippen molar-refractivity contribution in [3.63, 3.8) is 0 Å². The molecule has 3 aromatic rings. The van der Waals surface area contributed by atoms with Crippen LogP contribution in [0.1, 0.15) is 57.9 Å². The number of hydrogen-bond acceptors (Lipinski definition) is 9. The summed E-state index contributed by atoms with van der Waals surface area (Å²) >= 11 is 0. The molecule has 264 valence electrons. The number of aryl methyl sites for hydroxylation is 1. The number of aliphatic imine (C=N–C) groups is 1. The first-order valence-electron chi connectivity index (χ1n) is 16.6. The summed E-state index contributed by atoms with van der Waals surface area (Å²) in [7, 11) is -1.74. The Labute approximate surface area is 288 Å². The fourth-order valence-electron chi connectivity index (χ4n) is 5.62. The van der Waals surface area contributed by atoms with Gasteiger partial charge in [0.25, 0.3) is 0 Å². The van der Waals surface area contributed by atoms with Gasteiger partial charge in [-0.2, -0.15) is 13.2 Å². The molecular weight excluding hydrogens is 655 g/mol. The lowest BCUT2D eigenvalue weighted by molar-refractivity contribution is -0.223. The number of ether oxygens (including phenoxy) is 2. The number of halogens is 3. The Hall–Kier alpha value is -4.04. The molecule has 1 aromatic carbocycles. The summed E-state index contributed by atoms with van der Waals surface area (Å²) in [4.78, 5) is 20.8. The van der Waals surface area contributed by atoms with Gasteiger partial charge in [-0.1, -0.05) is 43.2 Å². The van der Waals surface area contributed by atoms with Gasteiger partial charge in [0.2, 0.25) is 0 Å². The number of rotatable bonds is 7. The quantitative estimate of drug-likeness (QED) is 0.197. The summed E-state index contributed by atoms with van der Waals surface area (Å²) in [5.41, 5.74) is 6.09. The predicted molar refractivity (Wildman–Crippen MR) is 186 cm³/mol. The fraction of sp³-hybridized carbons (Fsp3) is 0.486. The van der Waals surface area contributed by atoms with E-state index in [9.17, 15) is 17.4 Å². The summed E-state index contributed by atoms with van der Waals surface area (Å²) < 4.78 is 67.1. The van der Waals surface area contributed by atoms with Gasteiger partial charge in [0.15, 0.2) is 33.5 Å². The highest BCUT2D eigenvalue weighted by Gasteiger charge is 2.48. The van der Waals surface area contributed by atoms with Crippen LogP contribution in [0.5, 0.6) is 0 Å². The Morgan fingerprint density at radius 3 is 2.73 bits per heavy atom. The predicted octanol–water partition coefficient (Wildman–Crippen LogP) is 7.13. The summed E-state index contributed by atoms with van der Waals surface area (Å²) in [5.74, 6) is 1.50. The molecule has 2 aliphatic heterocycles. The summed E-state index contributed by atoms with van der Waals surface area (Å²) in [6, 6.07) is 13.4. The van der Waals surface area contributed by atoms with E-state index >= 15 is 0 Å². The second kappa shape index (κ2) is 16.6. The molecule has 0 radical (unpaired) electrons. The molecule has 1 fully saturated rings. The number of aromatic nitrogens is 3. The molecule has 0 spiro atoms. The minimum atomic E-state index is -4.45. The molecule has 14 heteroatoms. The maximum absolute atomic E-state index is 13.6. The van der Waals surface area contributed by atoms with E-state index in [-0.39, 0.29) is 17.5 Å². The molecule has 0 aliphatic carbocycles. The lowest BCUT2D eigenvalue weighted by atomic mass is 9.94. The van der Waals surface area contributed by atoms with Gasteiger partial charge >= 0.3 is 6.18 Å². The van der Waals surface area contributed by atoms with Crippen molar-refractivity contribution in [3.8, 4) is 11.3 Å².